The average Bonchev–Trinajstić information content (AvgIpc) is 3.16. The number of hydrogen-bond donors (Lipinski definition) is 0. The molecule has 1 heterocycles. The fraction of sp³-hybridized carbons (Fsp3) is 0.500. The number of nitrogens with zero attached hydrogens (tertiary/aromatic N) is 3. The van der Waals surface area contributed by atoms with Crippen molar-refractivity contribution >= 4 is 29.7 Å². The lowest BCUT2D eigenvalue weighted by atomic mass is 10.2. The SMILES string of the molecule is CCCCCC(=O)Oc1ccc([N+]2(C(=O)[O-])C=CN=C2CCN(C)C(=O)OC(C)(C)C)cc1. The van der Waals surface area contributed by atoms with Gasteiger partial charge in [0.1, 0.15) is 23.2 Å². The highest BCUT2D eigenvalue weighted by atomic mass is 16.6. The van der Waals surface area contributed by atoms with E-state index in [4.69, 9.17) is 9.47 Å². The van der Waals surface area contributed by atoms with Crippen LogP contribution in [0.2, 0.25) is 0 Å². The average molecular weight is 460 g/mol. The molecule has 9 nitrogen and oxygen atoms in total. The van der Waals surface area contributed by atoms with E-state index >= 15 is 0 Å². The molecule has 1 aliphatic rings. The van der Waals surface area contributed by atoms with Crippen molar-refractivity contribution in [1.82, 2.24) is 9.38 Å². The molecule has 0 aliphatic carbocycles. The standard InChI is InChI=1S/C24H33N3O6/c1-6-7-8-9-21(28)32-19-12-10-18(11-13-19)27(23(30)31)17-15-25-20(27)14-16-26(5)22(29)33-24(2,3)4/h10-13,15,17H,6-9,14,16H2,1-5H3. The number of amides is 2. The number of ether oxygens (including phenoxy) is 2. The Bertz CT molecular complexity index is 917. The Morgan fingerprint density at radius 1 is 1.12 bits per heavy atom. The van der Waals surface area contributed by atoms with Crippen molar-refractivity contribution < 1.29 is 29.0 Å². The minimum atomic E-state index is -1.38. The Balaban J connectivity index is 2.11. The molecule has 1 aromatic rings. The summed E-state index contributed by atoms with van der Waals surface area (Å²) in [5.74, 6) is 0.297. The predicted octanol–water partition coefficient (Wildman–Crippen LogP) is 3.96. The zero-order valence-corrected chi connectivity index (χ0v) is 20.0. The summed E-state index contributed by atoms with van der Waals surface area (Å²) in [4.78, 5) is 42.0. The number of aliphatic imine (C=N–C) groups is 1. The minimum Gasteiger partial charge on any atom is -0.497 e. The molecule has 2 amide bonds. The first kappa shape index (κ1) is 26.1. The van der Waals surface area contributed by atoms with E-state index in [-0.39, 0.29) is 24.8 Å². The van der Waals surface area contributed by atoms with Crippen LogP contribution in [0.25, 0.3) is 0 Å². The molecule has 9 heteroatoms. The molecule has 0 saturated carbocycles. The Labute approximate surface area is 194 Å². The van der Waals surface area contributed by atoms with Crippen molar-refractivity contribution in [2.45, 2.75) is 65.4 Å². The van der Waals surface area contributed by atoms with E-state index < -0.39 is 22.3 Å². The Kier molecular flexibility index (Phi) is 8.76. The summed E-state index contributed by atoms with van der Waals surface area (Å²) in [6.07, 6.45) is 4.17. The maximum Gasteiger partial charge on any atom is 0.410 e. The molecule has 1 unspecified atom stereocenters. The number of benzene rings is 1. The highest BCUT2D eigenvalue weighted by molar-refractivity contribution is 6.10. The molecule has 180 valence electrons. The first-order chi connectivity index (χ1) is 15.5. The molecule has 0 N–H and O–H groups in total. The van der Waals surface area contributed by atoms with Gasteiger partial charge in [0.25, 0.3) is 6.09 Å². The Morgan fingerprint density at radius 2 is 1.79 bits per heavy atom. The van der Waals surface area contributed by atoms with E-state index in [9.17, 15) is 19.5 Å². The van der Waals surface area contributed by atoms with Gasteiger partial charge in [-0.25, -0.2) is 9.79 Å². The number of unbranched alkanes of at least 4 members (excludes halogenated alkanes) is 2. The second-order valence-corrected chi connectivity index (χ2v) is 8.91. The third-order valence-electron chi connectivity index (χ3n) is 5.05. The predicted molar refractivity (Wildman–Crippen MR) is 123 cm³/mol. The number of carboxylic acid groups (broad SMARTS) is 1. The summed E-state index contributed by atoms with van der Waals surface area (Å²) < 4.78 is 9.93. The van der Waals surface area contributed by atoms with Gasteiger partial charge in [-0.05, 0) is 39.3 Å². The monoisotopic (exact) mass is 459 g/mol. The lowest BCUT2D eigenvalue weighted by Gasteiger charge is -2.32. The zero-order valence-electron chi connectivity index (χ0n) is 20.0. The van der Waals surface area contributed by atoms with Crippen molar-refractivity contribution in [1.29, 1.82) is 0 Å². The molecule has 2 rings (SSSR count). The van der Waals surface area contributed by atoms with Crippen molar-refractivity contribution in [2.75, 3.05) is 13.6 Å². The van der Waals surface area contributed by atoms with Crippen LogP contribution in [0.4, 0.5) is 15.3 Å². The van der Waals surface area contributed by atoms with Gasteiger partial charge in [0.2, 0.25) is 5.84 Å². The maximum atomic E-state index is 12.2. The van der Waals surface area contributed by atoms with Crippen molar-refractivity contribution in [3.63, 3.8) is 0 Å². The smallest absolute Gasteiger partial charge is 0.410 e. The molecule has 0 spiro atoms. The number of hydrogen-bond acceptors (Lipinski definition) is 7. The van der Waals surface area contributed by atoms with E-state index in [2.05, 4.69) is 11.9 Å². The highest BCUT2D eigenvalue weighted by Crippen LogP contribution is 2.31. The molecule has 1 atom stereocenters. The lowest BCUT2D eigenvalue weighted by molar-refractivity contribution is -0.257. The van der Waals surface area contributed by atoms with Crippen molar-refractivity contribution in [3.8, 4) is 5.75 Å². The molecule has 0 radical (unpaired) electrons. The second-order valence-electron chi connectivity index (χ2n) is 8.91. The summed E-state index contributed by atoms with van der Waals surface area (Å²) in [5, 5.41) is 12.2. The van der Waals surface area contributed by atoms with Gasteiger partial charge in [0.05, 0.1) is 12.6 Å². The molecule has 0 aromatic heterocycles. The number of quaternary nitrogens is 1. The topological polar surface area (TPSA) is 108 Å². The number of esters is 1. The van der Waals surface area contributed by atoms with Gasteiger partial charge in [-0.3, -0.25) is 4.79 Å². The summed E-state index contributed by atoms with van der Waals surface area (Å²) in [6.45, 7) is 7.58. The number of carbonyl (C=O) groups excluding carboxylic acids is 3. The molecule has 0 fully saturated rings. The Hall–Kier alpha value is -3.20. The minimum absolute atomic E-state index is 0.185. The molecule has 1 aliphatic heterocycles. The molecular formula is C24H33N3O6. The highest BCUT2D eigenvalue weighted by Gasteiger charge is 2.41. The van der Waals surface area contributed by atoms with E-state index in [1.165, 1.54) is 17.3 Å². The number of rotatable bonds is 9. The van der Waals surface area contributed by atoms with Crippen LogP contribution in [-0.2, 0) is 9.53 Å². The van der Waals surface area contributed by atoms with Gasteiger partial charge < -0.3 is 24.3 Å². The molecule has 33 heavy (non-hydrogen) atoms. The van der Waals surface area contributed by atoms with E-state index in [1.54, 1.807) is 52.1 Å². The quantitative estimate of drug-likeness (QED) is 0.239. The van der Waals surface area contributed by atoms with E-state index in [0.29, 0.717) is 17.9 Å². The first-order valence-electron chi connectivity index (χ1n) is 11.1. The van der Waals surface area contributed by atoms with Gasteiger partial charge in [0, 0.05) is 32.1 Å². The second kappa shape index (κ2) is 11.1. The van der Waals surface area contributed by atoms with Gasteiger partial charge >= 0.3 is 12.1 Å². The molecule has 0 bridgehead atoms. The fourth-order valence-electron chi connectivity index (χ4n) is 3.29. The first-order valence-corrected chi connectivity index (χ1v) is 11.1. The molecule has 1 aromatic carbocycles. The van der Waals surface area contributed by atoms with Gasteiger partial charge in [-0.1, -0.05) is 19.8 Å². The number of carbonyl (C=O) groups is 3. The summed E-state index contributed by atoms with van der Waals surface area (Å²) in [6, 6.07) is 6.22. The fourth-order valence-corrected chi connectivity index (χ4v) is 3.29. The summed E-state index contributed by atoms with van der Waals surface area (Å²) in [7, 11) is 1.58. The third-order valence-corrected chi connectivity index (χ3v) is 5.05. The van der Waals surface area contributed by atoms with Crippen LogP contribution in [-0.4, -0.2) is 48.1 Å². The van der Waals surface area contributed by atoms with Crippen LogP contribution < -0.4 is 14.3 Å². The third kappa shape index (κ3) is 6.89. The van der Waals surface area contributed by atoms with Crippen LogP contribution in [0.15, 0.2) is 41.7 Å². The van der Waals surface area contributed by atoms with Crippen molar-refractivity contribution in [3.05, 3.63) is 36.7 Å². The van der Waals surface area contributed by atoms with E-state index in [1.807, 2.05) is 0 Å². The van der Waals surface area contributed by atoms with E-state index in [0.717, 1.165) is 19.3 Å². The lowest BCUT2D eigenvalue weighted by Crippen LogP contribution is -2.59. The summed E-state index contributed by atoms with van der Waals surface area (Å²) >= 11 is 0. The van der Waals surface area contributed by atoms with Gasteiger partial charge in [-0.15, -0.1) is 0 Å². The summed E-state index contributed by atoms with van der Waals surface area (Å²) in [5.41, 5.74) is -0.266. The van der Waals surface area contributed by atoms with Gasteiger partial charge in [-0.2, -0.15) is 4.48 Å². The number of amidine groups is 1. The zero-order chi connectivity index (χ0) is 24.6. The molecule has 0 saturated heterocycles. The Morgan fingerprint density at radius 3 is 2.36 bits per heavy atom. The van der Waals surface area contributed by atoms with Crippen molar-refractivity contribution in [2.24, 2.45) is 4.99 Å². The maximum absolute atomic E-state index is 12.2. The van der Waals surface area contributed by atoms with Crippen LogP contribution in [0.1, 0.15) is 59.8 Å². The normalized spacial score (nSPS) is 17.4. The van der Waals surface area contributed by atoms with Crippen LogP contribution in [0.5, 0.6) is 5.75 Å². The van der Waals surface area contributed by atoms with Crippen LogP contribution >= 0.6 is 0 Å². The molecular weight excluding hydrogens is 426 g/mol. The van der Waals surface area contributed by atoms with Crippen LogP contribution in [0, 0.1) is 0 Å². The van der Waals surface area contributed by atoms with Crippen LogP contribution in [0.3, 0.4) is 0 Å². The van der Waals surface area contributed by atoms with Gasteiger partial charge in [0.15, 0.2) is 0 Å². The largest absolute Gasteiger partial charge is 0.497 e.